The highest BCUT2D eigenvalue weighted by molar-refractivity contribution is 8.00. The molecule has 1 unspecified atom stereocenters. The number of nitrogens with zero attached hydrogens (tertiary/aromatic N) is 1. The molecule has 1 aliphatic rings. The van der Waals surface area contributed by atoms with Crippen LogP contribution in [0.2, 0.25) is 0 Å². The molecule has 1 heterocycles. The van der Waals surface area contributed by atoms with Crippen LogP contribution in [-0.2, 0) is 9.84 Å². The van der Waals surface area contributed by atoms with E-state index >= 15 is 0 Å². The second kappa shape index (κ2) is 5.65. The summed E-state index contributed by atoms with van der Waals surface area (Å²) in [5.74, 6) is 0.904. The highest BCUT2D eigenvalue weighted by atomic mass is 32.2. The number of sulfone groups is 1. The summed E-state index contributed by atoms with van der Waals surface area (Å²) in [6.07, 6.45) is 1.18. The van der Waals surface area contributed by atoms with E-state index in [0.29, 0.717) is 23.5 Å². The van der Waals surface area contributed by atoms with E-state index in [1.54, 1.807) is 30.0 Å². The van der Waals surface area contributed by atoms with Gasteiger partial charge in [-0.2, -0.15) is 11.8 Å². The van der Waals surface area contributed by atoms with Crippen molar-refractivity contribution < 1.29 is 13.2 Å². The molecule has 7 heteroatoms. The van der Waals surface area contributed by atoms with E-state index in [9.17, 15) is 13.2 Å². The predicted octanol–water partition coefficient (Wildman–Crippen LogP) is 1.14. The van der Waals surface area contributed by atoms with Crippen LogP contribution in [0.3, 0.4) is 0 Å². The Morgan fingerprint density at radius 2 is 2.10 bits per heavy atom. The van der Waals surface area contributed by atoms with Crippen molar-refractivity contribution >= 4 is 33.2 Å². The fourth-order valence-electron chi connectivity index (χ4n) is 2.27. The fourth-order valence-corrected chi connectivity index (χ4v) is 5.08. The molecule has 1 atom stereocenters. The van der Waals surface area contributed by atoms with Crippen LogP contribution in [0.5, 0.6) is 0 Å². The van der Waals surface area contributed by atoms with Crippen LogP contribution in [0.25, 0.3) is 0 Å². The molecule has 20 heavy (non-hydrogen) atoms. The molecule has 2 N–H and O–H groups in total. The summed E-state index contributed by atoms with van der Waals surface area (Å²) in [6, 6.07) is 5.10. The summed E-state index contributed by atoms with van der Waals surface area (Å²) >= 11 is 1.55. The Morgan fingerprint density at radius 3 is 2.70 bits per heavy atom. The minimum Gasteiger partial charge on any atom is -0.399 e. The summed E-state index contributed by atoms with van der Waals surface area (Å²) in [4.78, 5) is 14.0. The molecule has 0 aromatic heterocycles. The number of carbonyl (C=O) groups excluding carboxylic acids is 1. The highest BCUT2D eigenvalue weighted by Crippen LogP contribution is 2.23. The number of amides is 1. The lowest BCUT2D eigenvalue weighted by atomic mass is 10.1. The lowest BCUT2D eigenvalue weighted by Crippen LogP contribution is -2.49. The van der Waals surface area contributed by atoms with E-state index in [2.05, 4.69) is 0 Å². The molecule has 110 valence electrons. The molecule has 1 aromatic carbocycles. The molecule has 1 fully saturated rings. The molecule has 0 radical (unpaired) electrons. The zero-order valence-electron chi connectivity index (χ0n) is 11.5. The van der Waals surface area contributed by atoms with Crippen molar-refractivity contribution in [1.82, 2.24) is 4.90 Å². The van der Waals surface area contributed by atoms with Crippen molar-refractivity contribution in [3.05, 3.63) is 29.3 Å². The normalized spacial score (nSPS) is 19.9. The highest BCUT2D eigenvalue weighted by Gasteiger charge is 2.34. The van der Waals surface area contributed by atoms with Crippen molar-refractivity contribution in [1.29, 1.82) is 0 Å². The van der Waals surface area contributed by atoms with Crippen LogP contribution in [-0.4, -0.2) is 48.9 Å². The first-order valence-corrected chi connectivity index (χ1v) is 9.35. The van der Waals surface area contributed by atoms with Gasteiger partial charge in [0.2, 0.25) is 0 Å². The molecule has 5 nitrogen and oxygen atoms in total. The van der Waals surface area contributed by atoms with Gasteiger partial charge in [-0.15, -0.1) is 0 Å². The van der Waals surface area contributed by atoms with E-state index in [1.807, 2.05) is 6.92 Å². The lowest BCUT2D eigenvalue weighted by molar-refractivity contribution is 0.0749. The van der Waals surface area contributed by atoms with Gasteiger partial charge < -0.3 is 10.6 Å². The maximum Gasteiger partial charge on any atom is 0.255 e. The Morgan fingerprint density at radius 1 is 1.40 bits per heavy atom. The third-order valence-electron chi connectivity index (χ3n) is 3.19. The van der Waals surface area contributed by atoms with Crippen LogP contribution in [0.15, 0.2) is 18.2 Å². The maximum atomic E-state index is 12.6. The van der Waals surface area contributed by atoms with E-state index in [4.69, 9.17) is 5.73 Å². The van der Waals surface area contributed by atoms with Gasteiger partial charge in [0.25, 0.3) is 5.91 Å². The van der Waals surface area contributed by atoms with Crippen molar-refractivity contribution in [2.24, 2.45) is 0 Å². The third-order valence-corrected chi connectivity index (χ3v) is 5.83. The Kier molecular flexibility index (Phi) is 4.29. The molecule has 1 aliphatic heterocycles. The van der Waals surface area contributed by atoms with E-state index in [0.717, 1.165) is 11.3 Å². The number of carbonyl (C=O) groups is 1. The second-order valence-corrected chi connectivity index (χ2v) is 8.34. The number of nitrogens with two attached hydrogens (primary N) is 1. The molecule has 0 saturated carbocycles. The summed E-state index contributed by atoms with van der Waals surface area (Å²) in [5.41, 5.74) is 7.60. The van der Waals surface area contributed by atoms with Crippen LogP contribution in [0.4, 0.5) is 5.69 Å². The molecule has 1 aromatic rings. The zero-order valence-corrected chi connectivity index (χ0v) is 13.1. The van der Waals surface area contributed by atoms with Gasteiger partial charge in [-0.3, -0.25) is 4.79 Å². The molecule has 2 rings (SSSR count). The Bertz CT molecular complexity index is 608. The number of rotatable bonds is 2. The predicted molar refractivity (Wildman–Crippen MR) is 82.6 cm³/mol. The number of hydrogen-bond acceptors (Lipinski definition) is 5. The standard InChI is InChI=1S/C13H18N2O3S2/c1-9-5-10(7-11(14)6-9)13(16)15-3-4-19-8-12(15)20(2,17)18/h5-7,12H,3-4,8,14H2,1-2H3. The number of aryl methyl sites for hydroxylation is 1. The Balaban J connectivity index is 2.35. The third kappa shape index (κ3) is 3.27. The number of benzene rings is 1. The van der Waals surface area contributed by atoms with E-state index in [-0.39, 0.29) is 5.91 Å². The topological polar surface area (TPSA) is 80.5 Å². The molecule has 0 aliphatic carbocycles. The van der Waals surface area contributed by atoms with Crippen LogP contribution in [0.1, 0.15) is 15.9 Å². The van der Waals surface area contributed by atoms with Crippen LogP contribution in [0, 0.1) is 6.92 Å². The fraction of sp³-hybridized carbons (Fsp3) is 0.462. The van der Waals surface area contributed by atoms with Crippen molar-refractivity contribution in [2.75, 3.05) is 30.0 Å². The van der Waals surface area contributed by atoms with Gasteiger partial charge in [-0.25, -0.2) is 8.42 Å². The Hall–Kier alpha value is -1.21. The minimum atomic E-state index is -3.30. The van der Waals surface area contributed by atoms with Gasteiger partial charge in [0.15, 0.2) is 9.84 Å². The molecule has 1 saturated heterocycles. The minimum absolute atomic E-state index is 0.267. The summed E-state index contributed by atoms with van der Waals surface area (Å²) in [6.45, 7) is 2.29. The summed E-state index contributed by atoms with van der Waals surface area (Å²) in [5, 5.41) is -0.754. The lowest BCUT2D eigenvalue weighted by Gasteiger charge is -2.34. The molecular weight excluding hydrogens is 296 g/mol. The monoisotopic (exact) mass is 314 g/mol. The second-order valence-electron chi connectivity index (χ2n) is 4.99. The van der Waals surface area contributed by atoms with Gasteiger partial charge in [-0.1, -0.05) is 0 Å². The van der Waals surface area contributed by atoms with Gasteiger partial charge >= 0.3 is 0 Å². The Labute approximate surface area is 123 Å². The van der Waals surface area contributed by atoms with Gasteiger partial charge in [0, 0.05) is 35.6 Å². The molecule has 0 spiro atoms. The van der Waals surface area contributed by atoms with Crippen molar-refractivity contribution in [3.63, 3.8) is 0 Å². The molecule has 0 bridgehead atoms. The summed E-state index contributed by atoms with van der Waals surface area (Å²) in [7, 11) is -3.30. The number of hydrogen-bond donors (Lipinski definition) is 1. The van der Waals surface area contributed by atoms with E-state index in [1.165, 1.54) is 11.2 Å². The van der Waals surface area contributed by atoms with Gasteiger partial charge in [-0.05, 0) is 30.7 Å². The van der Waals surface area contributed by atoms with Crippen molar-refractivity contribution in [3.8, 4) is 0 Å². The van der Waals surface area contributed by atoms with Gasteiger partial charge in [0.1, 0.15) is 5.37 Å². The first-order chi connectivity index (χ1) is 9.29. The molecular formula is C13H18N2O3S2. The quantitative estimate of drug-likeness (QED) is 0.828. The molecule has 1 amide bonds. The smallest absolute Gasteiger partial charge is 0.255 e. The number of thioether (sulfide) groups is 1. The first kappa shape index (κ1) is 15.2. The summed E-state index contributed by atoms with van der Waals surface area (Å²) < 4.78 is 23.7. The average Bonchev–Trinajstić information content (AvgIpc) is 2.35. The number of nitrogen functional groups attached to an aromatic ring is 1. The van der Waals surface area contributed by atoms with Crippen molar-refractivity contribution in [2.45, 2.75) is 12.3 Å². The number of anilines is 1. The largest absolute Gasteiger partial charge is 0.399 e. The first-order valence-electron chi connectivity index (χ1n) is 6.24. The van der Waals surface area contributed by atoms with Crippen LogP contribution >= 0.6 is 11.8 Å². The van der Waals surface area contributed by atoms with Crippen LogP contribution < -0.4 is 5.73 Å². The van der Waals surface area contributed by atoms with Gasteiger partial charge in [0.05, 0.1) is 0 Å². The van der Waals surface area contributed by atoms with E-state index < -0.39 is 15.2 Å². The maximum absolute atomic E-state index is 12.6. The average molecular weight is 314 g/mol. The zero-order chi connectivity index (χ0) is 14.9. The SMILES string of the molecule is Cc1cc(N)cc(C(=O)N2CCSCC2S(C)(=O)=O)c1.